The third-order valence-corrected chi connectivity index (χ3v) is 3.68. The van der Waals surface area contributed by atoms with Gasteiger partial charge in [0.05, 0.1) is 16.4 Å². The number of aryl methyl sites for hydroxylation is 2. The fourth-order valence-corrected chi connectivity index (χ4v) is 2.33. The minimum atomic E-state index is 0.559. The number of rotatable bonds is 7. The molecule has 1 N–H and O–H groups in total. The van der Waals surface area contributed by atoms with Gasteiger partial charge in [-0.05, 0) is 39.2 Å². The highest BCUT2D eigenvalue weighted by molar-refractivity contribution is 6.31. The zero-order valence-electron chi connectivity index (χ0n) is 12.3. The van der Waals surface area contributed by atoms with E-state index in [4.69, 9.17) is 11.6 Å². The zero-order chi connectivity index (χ0) is 13.7. The Kier molecular flexibility index (Phi) is 6.16. The molecule has 1 heterocycles. The van der Waals surface area contributed by atoms with Gasteiger partial charge < -0.3 is 5.32 Å². The molecule has 1 aromatic rings. The Bertz CT molecular complexity index is 371. The summed E-state index contributed by atoms with van der Waals surface area (Å²) >= 11 is 6.32. The zero-order valence-corrected chi connectivity index (χ0v) is 13.0. The van der Waals surface area contributed by atoms with Crippen molar-refractivity contribution in [2.24, 2.45) is 5.92 Å². The standard InChI is InChI=1S/C14H26ClN3/c1-6-18-13(14(15)12(5)17-18)9-11(4)7-8-16-10(2)3/h10-11,16H,6-9H2,1-5H3. The molecule has 4 heteroatoms. The lowest BCUT2D eigenvalue weighted by Gasteiger charge is -2.14. The number of halogens is 1. The second kappa shape index (κ2) is 7.15. The monoisotopic (exact) mass is 271 g/mol. The average molecular weight is 272 g/mol. The van der Waals surface area contributed by atoms with Crippen molar-refractivity contribution in [3.8, 4) is 0 Å². The van der Waals surface area contributed by atoms with Crippen LogP contribution in [-0.4, -0.2) is 22.4 Å². The molecule has 0 aliphatic heterocycles. The molecular formula is C14H26ClN3. The van der Waals surface area contributed by atoms with E-state index in [1.807, 2.05) is 11.6 Å². The summed E-state index contributed by atoms with van der Waals surface area (Å²) in [6.45, 7) is 12.7. The van der Waals surface area contributed by atoms with Crippen molar-refractivity contribution in [1.82, 2.24) is 15.1 Å². The van der Waals surface area contributed by atoms with Gasteiger partial charge in [0, 0.05) is 12.6 Å². The molecule has 0 saturated heterocycles. The number of hydrogen-bond donors (Lipinski definition) is 1. The molecule has 0 aliphatic carbocycles. The smallest absolute Gasteiger partial charge is 0.0847 e. The van der Waals surface area contributed by atoms with E-state index >= 15 is 0 Å². The summed E-state index contributed by atoms with van der Waals surface area (Å²) in [6, 6.07) is 0.559. The predicted molar refractivity (Wildman–Crippen MR) is 78.3 cm³/mol. The van der Waals surface area contributed by atoms with Crippen LogP contribution in [0.3, 0.4) is 0 Å². The maximum atomic E-state index is 6.32. The normalized spacial score (nSPS) is 13.3. The van der Waals surface area contributed by atoms with Gasteiger partial charge in [0.15, 0.2) is 0 Å². The van der Waals surface area contributed by atoms with Gasteiger partial charge in [-0.3, -0.25) is 4.68 Å². The van der Waals surface area contributed by atoms with E-state index in [-0.39, 0.29) is 0 Å². The third-order valence-electron chi connectivity index (χ3n) is 3.18. The molecule has 0 bridgehead atoms. The van der Waals surface area contributed by atoms with Gasteiger partial charge in [-0.1, -0.05) is 32.4 Å². The van der Waals surface area contributed by atoms with E-state index in [9.17, 15) is 0 Å². The maximum Gasteiger partial charge on any atom is 0.0847 e. The topological polar surface area (TPSA) is 29.9 Å². The third kappa shape index (κ3) is 4.29. The summed E-state index contributed by atoms with van der Waals surface area (Å²) in [4.78, 5) is 0. The van der Waals surface area contributed by atoms with Crippen molar-refractivity contribution in [3.63, 3.8) is 0 Å². The van der Waals surface area contributed by atoms with Gasteiger partial charge >= 0.3 is 0 Å². The SMILES string of the molecule is CCn1nc(C)c(Cl)c1CC(C)CCNC(C)C. The number of aromatic nitrogens is 2. The van der Waals surface area contributed by atoms with Gasteiger partial charge in [-0.15, -0.1) is 0 Å². The molecule has 0 spiro atoms. The Hall–Kier alpha value is -0.540. The van der Waals surface area contributed by atoms with Crippen LogP contribution in [0.1, 0.15) is 45.5 Å². The minimum Gasteiger partial charge on any atom is -0.315 e. The van der Waals surface area contributed by atoms with E-state index in [0.29, 0.717) is 12.0 Å². The largest absolute Gasteiger partial charge is 0.315 e. The van der Waals surface area contributed by atoms with Crippen molar-refractivity contribution in [1.29, 1.82) is 0 Å². The number of hydrogen-bond acceptors (Lipinski definition) is 2. The first-order chi connectivity index (χ1) is 8.45. The van der Waals surface area contributed by atoms with Crippen LogP contribution in [0.2, 0.25) is 5.02 Å². The minimum absolute atomic E-state index is 0.559. The summed E-state index contributed by atoms with van der Waals surface area (Å²) in [7, 11) is 0. The van der Waals surface area contributed by atoms with Crippen LogP contribution in [-0.2, 0) is 13.0 Å². The molecule has 1 unspecified atom stereocenters. The molecule has 0 aliphatic rings. The van der Waals surface area contributed by atoms with Gasteiger partial charge in [-0.25, -0.2) is 0 Å². The van der Waals surface area contributed by atoms with E-state index in [1.165, 1.54) is 12.1 Å². The summed E-state index contributed by atoms with van der Waals surface area (Å²) in [5, 5.41) is 8.76. The molecule has 1 aromatic heterocycles. The van der Waals surface area contributed by atoms with Crippen molar-refractivity contribution < 1.29 is 0 Å². The molecule has 0 radical (unpaired) electrons. The molecule has 1 rings (SSSR count). The van der Waals surface area contributed by atoms with Crippen molar-refractivity contribution in [2.75, 3.05) is 6.54 Å². The number of nitrogens with one attached hydrogen (secondary N) is 1. The first kappa shape index (κ1) is 15.5. The molecule has 0 aromatic carbocycles. The van der Waals surface area contributed by atoms with E-state index in [0.717, 1.165) is 30.2 Å². The predicted octanol–water partition coefficient (Wildman–Crippen LogP) is 3.43. The van der Waals surface area contributed by atoms with Gasteiger partial charge in [0.25, 0.3) is 0 Å². The highest BCUT2D eigenvalue weighted by Crippen LogP contribution is 2.23. The van der Waals surface area contributed by atoms with E-state index in [2.05, 4.69) is 38.1 Å². The van der Waals surface area contributed by atoms with Crippen molar-refractivity contribution in [2.45, 2.75) is 60.0 Å². The molecule has 104 valence electrons. The summed E-state index contributed by atoms with van der Waals surface area (Å²) < 4.78 is 2.03. The Morgan fingerprint density at radius 2 is 2.00 bits per heavy atom. The van der Waals surface area contributed by atoms with Crippen LogP contribution in [0.4, 0.5) is 0 Å². The molecule has 18 heavy (non-hydrogen) atoms. The molecule has 0 fully saturated rings. The second-order valence-corrected chi connectivity index (χ2v) is 5.75. The fraction of sp³-hybridized carbons (Fsp3) is 0.786. The lowest BCUT2D eigenvalue weighted by molar-refractivity contribution is 0.461. The molecule has 3 nitrogen and oxygen atoms in total. The van der Waals surface area contributed by atoms with Crippen LogP contribution < -0.4 is 5.32 Å². The molecule has 0 amide bonds. The van der Waals surface area contributed by atoms with Crippen molar-refractivity contribution >= 4 is 11.6 Å². The van der Waals surface area contributed by atoms with Gasteiger partial charge in [0.1, 0.15) is 0 Å². The van der Waals surface area contributed by atoms with Crippen LogP contribution in [0.5, 0.6) is 0 Å². The summed E-state index contributed by atoms with van der Waals surface area (Å²) in [5.74, 6) is 0.621. The highest BCUT2D eigenvalue weighted by atomic mass is 35.5. The number of nitrogens with zero attached hydrogens (tertiary/aromatic N) is 2. The van der Waals surface area contributed by atoms with E-state index in [1.54, 1.807) is 0 Å². The van der Waals surface area contributed by atoms with Crippen LogP contribution in [0.25, 0.3) is 0 Å². The Morgan fingerprint density at radius 1 is 1.33 bits per heavy atom. The molecular weight excluding hydrogens is 246 g/mol. The van der Waals surface area contributed by atoms with Gasteiger partial charge in [0.2, 0.25) is 0 Å². The lowest BCUT2D eigenvalue weighted by Crippen LogP contribution is -2.25. The first-order valence-corrected chi connectivity index (χ1v) is 7.28. The summed E-state index contributed by atoms with van der Waals surface area (Å²) in [5.41, 5.74) is 2.13. The van der Waals surface area contributed by atoms with Crippen LogP contribution >= 0.6 is 11.6 Å². The molecule has 0 saturated carbocycles. The lowest BCUT2D eigenvalue weighted by atomic mass is 10.0. The van der Waals surface area contributed by atoms with Crippen molar-refractivity contribution in [3.05, 3.63) is 16.4 Å². The first-order valence-electron chi connectivity index (χ1n) is 6.90. The second-order valence-electron chi connectivity index (χ2n) is 5.37. The van der Waals surface area contributed by atoms with Crippen LogP contribution in [0.15, 0.2) is 0 Å². The Labute approximate surface area is 116 Å². The average Bonchev–Trinajstić information content (AvgIpc) is 2.56. The Morgan fingerprint density at radius 3 is 2.56 bits per heavy atom. The maximum absolute atomic E-state index is 6.32. The fourth-order valence-electron chi connectivity index (χ4n) is 2.11. The Balaban J connectivity index is 2.55. The van der Waals surface area contributed by atoms with Crippen LogP contribution in [0, 0.1) is 12.8 Å². The highest BCUT2D eigenvalue weighted by Gasteiger charge is 2.15. The summed E-state index contributed by atoms with van der Waals surface area (Å²) in [6.07, 6.45) is 2.18. The quantitative estimate of drug-likeness (QED) is 0.823. The molecule has 1 atom stereocenters. The van der Waals surface area contributed by atoms with Gasteiger partial charge in [-0.2, -0.15) is 5.10 Å². The van der Waals surface area contributed by atoms with E-state index < -0.39 is 0 Å².